The maximum atomic E-state index is 2.41. The zero-order valence-electron chi connectivity index (χ0n) is 8.25. The fraction of sp³-hybridized carbons (Fsp3) is 0.333. The second-order valence-corrected chi connectivity index (χ2v) is 3.79. The van der Waals surface area contributed by atoms with Gasteiger partial charge in [-0.3, -0.25) is 0 Å². The molecule has 0 radical (unpaired) electrons. The van der Waals surface area contributed by atoms with Crippen LogP contribution in [0.15, 0.2) is 41.6 Å². The molecular weight excluding hydrogens is 158 g/mol. The fourth-order valence-corrected chi connectivity index (χ4v) is 1.57. The van der Waals surface area contributed by atoms with Gasteiger partial charge in [0.2, 0.25) is 0 Å². The van der Waals surface area contributed by atoms with Gasteiger partial charge in [0, 0.05) is 12.2 Å². The molecule has 0 saturated carbocycles. The summed E-state index contributed by atoms with van der Waals surface area (Å²) in [6.07, 6.45) is 0. The lowest BCUT2D eigenvalue weighted by Crippen LogP contribution is -1.95. The van der Waals surface area contributed by atoms with Gasteiger partial charge in [0.25, 0.3) is 0 Å². The first-order valence-electron chi connectivity index (χ1n) is 4.72. The van der Waals surface area contributed by atoms with Crippen LogP contribution in [0.25, 0.3) is 0 Å². The Balaban J connectivity index is 1.99. The van der Waals surface area contributed by atoms with Crippen molar-refractivity contribution < 1.29 is 0 Å². The molecule has 0 amide bonds. The first-order valence-corrected chi connectivity index (χ1v) is 4.72. The molecule has 0 atom stereocenters. The SMILES string of the molecule is CC(C)=C1CN1Cc1ccccc1. The van der Waals surface area contributed by atoms with Crippen molar-refractivity contribution in [1.29, 1.82) is 0 Å². The van der Waals surface area contributed by atoms with E-state index in [0.717, 1.165) is 13.1 Å². The molecule has 1 aliphatic rings. The molecule has 0 spiro atoms. The molecule has 0 unspecified atom stereocenters. The van der Waals surface area contributed by atoms with Crippen molar-refractivity contribution in [3.63, 3.8) is 0 Å². The van der Waals surface area contributed by atoms with Crippen LogP contribution in [0.3, 0.4) is 0 Å². The fourth-order valence-electron chi connectivity index (χ4n) is 1.57. The minimum Gasteiger partial charge on any atom is -0.363 e. The van der Waals surface area contributed by atoms with Crippen LogP contribution in [0, 0.1) is 0 Å². The third-order valence-electron chi connectivity index (χ3n) is 2.41. The number of hydrogen-bond donors (Lipinski definition) is 0. The average Bonchev–Trinajstić information content (AvgIpc) is 2.86. The number of rotatable bonds is 2. The second-order valence-electron chi connectivity index (χ2n) is 3.79. The normalized spacial score (nSPS) is 14.6. The number of benzene rings is 1. The Labute approximate surface area is 79.7 Å². The number of hydrogen-bond acceptors (Lipinski definition) is 1. The molecule has 1 heteroatoms. The minimum absolute atomic E-state index is 1.07. The van der Waals surface area contributed by atoms with E-state index in [1.165, 1.54) is 16.8 Å². The molecule has 0 aromatic heterocycles. The highest BCUT2D eigenvalue weighted by atomic mass is 15.3. The Morgan fingerprint density at radius 3 is 2.46 bits per heavy atom. The molecule has 0 N–H and O–H groups in total. The molecule has 1 saturated heterocycles. The standard InChI is InChI=1S/C12H15N/c1-10(2)12-9-13(12)8-11-6-4-3-5-7-11/h3-7H,8-9H2,1-2H3. The van der Waals surface area contributed by atoms with E-state index in [1.807, 2.05) is 0 Å². The second kappa shape index (κ2) is 3.25. The first kappa shape index (κ1) is 8.36. The van der Waals surface area contributed by atoms with Gasteiger partial charge in [-0.05, 0) is 19.4 Å². The molecule has 1 aromatic rings. The summed E-state index contributed by atoms with van der Waals surface area (Å²) in [5.74, 6) is 0. The summed E-state index contributed by atoms with van der Waals surface area (Å²) in [4.78, 5) is 2.41. The number of nitrogens with zero attached hydrogens (tertiary/aromatic N) is 1. The van der Waals surface area contributed by atoms with Gasteiger partial charge < -0.3 is 4.90 Å². The summed E-state index contributed by atoms with van der Waals surface area (Å²) in [5, 5.41) is 0. The lowest BCUT2D eigenvalue weighted by molar-refractivity contribution is 0.578. The third kappa shape index (κ3) is 1.92. The Kier molecular flexibility index (Phi) is 2.09. The summed E-state index contributed by atoms with van der Waals surface area (Å²) < 4.78 is 0. The van der Waals surface area contributed by atoms with Crippen molar-refractivity contribution in [2.75, 3.05) is 6.54 Å². The molecule has 1 aromatic carbocycles. The molecule has 1 heterocycles. The van der Waals surface area contributed by atoms with E-state index >= 15 is 0 Å². The van der Waals surface area contributed by atoms with Crippen LogP contribution < -0.4 is 0 Å². The van der Waals surface area contributed by atoms with Gasteiger partial charge in [-0.2, -0.15) is 0 Å². The van der Waals surface area contributed by atoms with Gasteiger partial charge in [0.05, 0.1) is 6.54 Å². The largest absolute Gasteiger partial charge is 0.363 e. The van der Waals surface area contributed by atoms with Gasteiger partial charge >= 0.3 is 0 Å². The van der Waals surface area contributed by atoms with Crippen molar-refractivity contribution in [2.24, 2.45) is 0 Å². The van der Waals surface area contributed by atoms with E-state index in [1.54, 1.807) is 0 Å². The van der Waals surface area contributed by atoms with Crippen LogP contribution in [0.1, 0.15) is 19.4 Å². The quantitative estimate of drug-likeness (QED) is 0.621. The third-order valence-corrected chi connectivity index (χ3v) is 2.41. The van der Waals surface area contributed by atoms with E-state index in [9.17, 15) is 0 Å². The molecular formula is C12H15N. The zero-order valence-corrected chi connectivity index (χ0v) is 8.25. The Morgan fingerprint density at radius 2 is 1.92 bits per heavy atom. The maximum absolute atomic E-state index is 2.41. The lowest BCUT2D eigenvalue weighted by Gasteiger charge is -2.01. The molecule has 0 bridgehead atoms. The van der Waals surface area contributed by atoms with Crippen LogP contribution in [0.5, 0.6) is 0 Å². The monoisotopic (exact) mass is 173 g/mol. The minimum atomic E-state index is 1.07. The van der Waals surface area contributed by atoms with Gasteiger partial charge in [0.1, 0.15) is 0 Å². The molecule has 2 rings (SSSR count). The van der Waals surface area contributed by atoms with E-state index < -0.39 is 0 Å². The maximum Gasteiger partial charge on any atom is 0.0579 e. The predicted octanol–water partition coefficient (Wildman–Crippen LogP) is 2.80. The van der Waals surface area contributed by atoms with E-state index in [-0.39, 0.29) is 0 Å². The van der Waals surface area contributed by atoms with Crippen LogP contribution in [0.4, 0.5) is 0 Å². The highest BCUT2D eigenvalue weighted by molar-refractivity contribution is 5.26. The first-order chi connectivity index (χ1) is 6.27. The molecule has 1 nitrogen and oxygen atoms in total. The molecule has 68 valence electrons. The summed E-state index contributed by atoms with van der Waals surface area (Å²) in [7, 11) is 0. The highest BCUT2D eigenvalue weighted by Crippen LogP contribution is 2.27. The van der Waals surface area contributed by atoms with Crippen molar-refractivity contribution in [1.82, 2.24) is 4.90 Å². The van der Waals surface area contributed by atoms with Crippen LogP contribution in [0.2, 0.25) is 0 Å². The van der Waals surface area contributed by atoms with Crippen molar-refractivity contribution >= 4 is 0 Å². The average molecular weight is 173 g/mol. The van der Waals surface area contributed by atoms with Gasteiger partial charge in [-0.25, -0.2) is 0 Å². The van der Waals surface area contributed by atoms with Crippen molar-refractivity contribution in [2.45, 2.75) is 20.4 Å². The smallest absolute Gasteiger partial charge is 0.0579 e. The summed E-state index contributed by atoms with van der Waals surface area (Å²) in [5.41, 5.74) is 4.37. The van der Waals surface area contributed by atoms with Gasteiger partial charge in [-0.1, -0.05) is 35.9 Å². The molecule has 13 heavy (non-hydrogen) atoms. The summed E-state index contributed by atoms with van der Waals surface area (Å²) in [6.45, 7) is 6.60. The van der Waals surface area contributed by atoms with Gasteiger partial charge in [-0.15, -0.1) is 0 Å². The predicted molar refractivity (Wildman–Crippen MR) is 55.2 cm³/mol. The molecule has 1 aliphatic heterocycles. The summed E-state index contributed by atoms with van der Waals surface area (Å²) >= 11 is 0. The van der Waals surface area contributed by atoms with Crippen LogP contribution in [-0.4, -0.2) is 11.4 Å². The van der Waals surface area contributed by atoms with Crippen LogP contribution >= 0.6 is 0 Å². The van der Waals surface area contributed by atoms with Crippen molar-refractivity contribution in [3.8, 4) is 0 Å². The Bertz CT molecular complexity index is 320. The van der Waals surface area contributed by atoms with E-state index in [0.29, 0.717) is 0 Å². The Hall–Kier alpha value is -1.24. The molecule has 1 fully saturated rings. The lowest BCUT2D eigenvalue weighted by atomic mass is 10.2. The zero-order chi connectivity index (χ0) is 9.26. The van der Waals surface area contributed by atoms with Crippen molar-refractivity contribution in [3.05, 3.63) is 47.2 Å². The Morgan fingerprint density at radius 1 is 1.23 bits per heavy atom. The topological polar surface area (TPSA) is 3.01 Å². The van der Waals surface area contributed by atoms with Gasteiger partial charge in [0.15, 0.2) is 0 Å². The molecule has 0 aliphatic carbocycles. The van der Waals surface area contributed by atoms with E-state index in [2.05, 4.69) is 49.1 Å². The number of allylic oxidation sites excluding steroid dienone is 1. The summed E-state index contributed by atoms with van der Waals surface area (Å²) in [6, 6.07) is 10.6. The van der Waals surface area contributed by atoms with Crippen LogP contribution in [-0.2, 0) is 6.54 Å². The van der Waals surface area contributed by atoms with E-state index in [4.69, 9.17) is 0 Å². The highest BCUT2D eigenvalue weighted by Gasteiger charge is 2.25.